The first-order chi connectivity index (χ1) is 11.5. The molecule has 1 aromatic carbocycles. The van der Waals surface area contributed by atoms with Crippen molar-refractivity contribution < 1.29 is 9.47 Å². The molecule has 24 heavy (non-hydrogen) atoms. The van der Waals surface area contributed by atoms with E-state index < -0.39 is 11.2 Å². The molecule has 0 saturated heterocycles. The molecule has 0 N–H and O–H groups in total. The maximum Gasteiger partial charge on any atom is 0.332 e. The van der Waals surface area contributed by atoms with Gasteiger partial charge < -0.3 is 9.47 Å². The van der Waals surface area contributed by atoms with Gasteiger partial charge in [0.05, 0.1) is 14.2 Å². The van der Waals surface area contributed by atoms with Gasteiger partial charge in [-0.2, -0.15) is 0 Å². The van der Waals surface area contributed by atoms with Gasteiger partial charge in [0.25, 0.3) is 5.56 Å². The number of aromatic nitrogens is 5. The van der Waals surface area contributed by atoms with Crippen LogP contribution in [0.25, 0.3) is 22.6 Å². The van der Waals surface area contributed by atoms with Gasteiger partial charge in [0.15, 0.2) is 28.5 Å². The molecule has 2 aromatic heterocycles. The Hall–Kier alpha value is -3.23. The standard InChI is InChI=1S/C15H15N5O4/c1-19-13-11(14(21)20(2)15(19)22)16-12(17-18-13)8-5-6-9(23-3)10(7-8)24-4/h5-7H,1-4H3. The molecule has 0 atom stereocenters. The fourth-order valence-corrected chi connectivity index (χ4v) is 2.35. The van der Waals surface area contributed by atoms with Gasteiger partial charge >= 0.3 is 5.69 Å². The summed E-state index contributed by atoms with van der Waals surface area (Å²) in [5.74, 6) is 1.32. The molecule has 0 aliphatic heterocycles. The Labute approximate surface area is 136 Å². The van der Waals surface area contributed by atoms with Crippen LogP contribution in [-0.2, 0) is 14.1 Å². The lowest BCUT2D eigenvalue weighted by Crippen LogP contribution is -2.38. The molecule has 3 aromatic rings. The zero-order valence-electron chi connectivity index (χ0n) is 13.6. The number of benzene rings is 1. The highest BCUT2D eigenvalue weighted by molar-refractivity contribution is 5.71. The molecule has 0 unspecified atom stereocenters. The second-order valence-corrected chi connectivity index (χ2v) is 5.08. The van der Waals surface area contributed by atoms with Gasteiger partial charge in [0.2, 0.25) is 0 Å². The third-order valence-corrected chi connectivity index (χ3v) is 3.71. The average Bonchev–Trinajstić information content (AvgIpc) is 2.63. The minimum atomic E-state index is -0.523. The average molecular weight is 329 g/mol. The molecule has 0 saturated carbocycles. The predicted molar refractivity (Wildman–Crippen MR) is 86.4 cm³/mol. The molecule has 0 fully saturated rings. The number of fused-ring (bicyclic) bond motifs is 1. The molecular weight excluding hydrogens is 314 g/mol. The number of methoxy groups -OCH3 is 2. The van der Waals surface area contributed by atoms with Gasteiger partial charge in [0, 0.05) is 19.7 Å². The van der Waals surface area contributed by atoms with E-state index in [9.17, 15) is 9.59 Å². The lowest BCUT2D eigenvalue weighted by atomic mass is 10.2. The summed E-state index contributed by atoms with van der Waals surface area (Å²) in [6.45, 7) is 0. The predicted octanol–water partition coefficient (Wildman–Crippen LogP) is 0.106. The quantitative estimate of drug-likeness (QED) is 0.672. The summed E-state index contributed by atoms with van der Waals surface area (Å²) in [6.07, 6.45) is 0. The summed E-state index contributed by atoms with van der Waals surface area (Å²) in [7, 11) is 5.96. The van der Waals surface area contributed by atoms with Crippen LogP contribution in [0.1, 0.15) is 0 Å². The molecule has 2 heterocycles. The minimum absolute atomic E-state index is 0.0689. The number of hydrogen-bond acceptors (Lipinski definition) is 7. The van der Waals surface area contributed by atoms with Crippen molar-refractivity contribution in [1.82, 2.24) is 24.3 Å². The summed E-state index contributed by atoms with van der Waals surface area (Å²) in [5.41, 5.74) is -0.197. The first-order valence-electron chi connectivity index (χ1n) is 7.00. The van der Waals surface area contributed by atoms with Gasteiger partial charge in [-0.05, 0) is 18.2 Å². The molecule has 0 aliphatic carbocycles. The van der Waals surface area contributed by atoms with Crippen LogP contribution < -0.4 is 20.7 Å². The van der Waals surface area contributed by atoms with Crippen molar-refractivity contribution in [2.45, 2.75) is 0 Å². The number of hydrogen-bond donors (Lipinski definition) is 0. The van der Waals surface area contributed by atoms with E-state index in [1.807, 2.05) is 0 Å². The zero-order chi connectivity index (χ0) is 17.4. The number of aryl methyl sites for hydroxylation is 1. The van der Waals surface area contributed by atoms with Crippen molar-refractivity contribution >= 4 is 11.2 Å². The van der Waals surface area contributed by atoms with E-state index in [0.717, 1.165) is 4.57 Å². The maximum atomic E-state index is 12.3. The maximum absolute atomic E-state index is 12.3. The highest BCUT2D eigenvalue weighted by Gasteiger charge is 2.15. The van der Waals surface area contributed by atoms with Gasteiger partial charge in [-0.3, -0.25) is 13.9 Å². The molecular formula is C15H15N5O4. The summed E-state index contributed by atoms with van der Waals surface area (Å²) in [4.78, 5) is 28.5. The number of nitrogens with zero attached hydrogens (tertiary/aromatic N) is 5. The highest BCUT2D eigenvalue weighted by atomic mass is 16.5. The second-order valence-electron chi connectivity index (χ2n) is 5.08. The molecule has 9 heteroatoms. The van der Waals surface area contributed by atoms with Crippen LogP contribution >= 0.6 is 0 Å². The monoisotopic (exact) mass is 329 g/mol. The van der Waals surface area contributed by atoms with Crippen molar-refractivity contribution in [2.75, 3.05) is 14.2 Å². The van der Waals surface area contributed by atoms with Crippen LogP contribution in [0.5, 0.6) is 11.5 Å². The van der Waals surface area contributed by atoms with E-state index in [0.29, 0.717) is 17.1 Å². The zero-order valence-corrected chi connectivity index (χ0v) is 13.6. The van der Waals surface area contributed by atoms with E-state index in [1.165, 1.54) is 32.9 Å². The topological polar surface area (TPSA) is 101 Å². The summed E-state index contributed by atoms with van der Waals surface area (Å²) >= 11 is 0. The van der Waals surface area contributed by atoms with Gasteiger partial charge in [0.1, 0.15) is 0 Å². The van der Waals surface area contributed by atoms with Gasteiger partial charge in [-0.15, -0.1) is 10.2 Å². The van der Waals surface area contributed by atoms with Crippen LogP contribution in [-0.4, -0.2) is 38.5 Å². The Morgan fingerprint density at radius 2 is 1.67 bits per heavy atom. The fraction of sp³-hybridized carbons (Fsp3) is 0.267. The van der Waals surface area contributed by atoms with E-state index >= 15 is 0 Å². The molecule has 0 radical (unpaired) electrons. The normalized spacial score (nSPS) is 10.8. The molecule has 3 rings (SSSR count). The second kappa shape index (κ2) is 5.76. The van der Waals surface area contributed by atoms with Crippen molar-refractivity contribution in [1.29, 1.82) is 0 Å². The first kappa shape index (κ1) is 15.7. The van der Waals surface area contributed by atoms with Crippen molar-refractivity contribution in [2.24, 2.45) is 14.1 Å². The lowest BCUT2D eigenvalue weighted by Gasteiger charge is -2.09. The van der Waals surface area contributed by atoms with Crippen molar-refractivity contribution in [3.63, 3.8) is 0 Å². The number of rotatable bonds is 3. The first-order valence-corrected chi connectivity index (χ1v) is 7.00. The van der Waals surface area contributed by atoms with E-state index in [2.05, 4.69) is 15.2 Å². The minimum Gasteiger partial charge on any atom is -0.493 e. The molecule has 0 spiro atoms. The largest absolute Gasteiger partial charge is 0.493 e. The lowest BCUT2D eigenvalue weighted by molar-refractivity contribution is 0.355. The SMILES string of the molecule is COc1ccc(-c2nnc3c(n2)c(=O)n(C)c(=O)n3C)cc1OC. The Balaban J connectivity index is 2.26. The Morgan fingerprint density at radius 3 is 2.33 bits per heavy atom. The molecule has 0 bridgehead atoms. The number of ether oxygens (including phenoxy) is 2. The summed E-state index contributed by atoms with van der Waals surface area (Å²) in [5, 5.41) is 8.00. The van der Waals surface area contributed by atoms with Crippen LogP contribution in [0.4, 0.5) is 0 Å². The third kappa shape index (κ3) is 2.30. The molecule has 0 amide bonds. The molecule has 0 aliphatic rings. The summed E-state index contributed by atoms with van der Waals surface area (Å²) < 4.78 is 12.7. The summed E-state index contributed by atoms with van der Waals surface area (Å²) in [6, 6.07) is 5.13. The Bertz CT molecular complexity index is 1050. The Morgan fingerprint density at radius 1 is 0.958 bits per heavy atom. The van der Waals surface area contributed by atoms with Crippen LogP contribution in [0, 0.1) is 0 Å². The Kier molecular flexibility index (Phi) is 3.76. The van der Waals surface area contributed by atoms with Crippen LogP contribution in [0.3, 0.4) is 0 Å². The van der Waals surface area contributed by atoms with Crippen LogP contribution in [0.2, 0.25) is 0 Å². The molecule has 9 nitrogen and oxygen atoms in total. The van der Waals surface area contributed by atoms with E-state index in [-0.39, 0.29) is 17.0 Å². The van der Waals surface area contributed by atoms with Gasteiger partial charge in [-0.1, -0.05) is 0 Å². The van der Waals surface area contributed by atoms with Crippen molar-refractivity contribution in [3.8, 4) is 22.9 Å². The van der Waals surface area contributed by atoms with E-state index in [4.69, 9.17) is 9.47 Å². The third-order valence-electron chi connectivity index (χ3n) is 3.71. The smallest absolute Gasteiger partial charge is 0.332 e. The van der Waals surface area contributed by atoms with Crippen LogP contribution in [0.15, 0.2) is 27.8 Å². The van der Waals surface area contributed by atoms with Gasteiger partial charge in [-0.25, -0.2) is 9.78 Å². The van der Waals surface area contributed by atoms with Crippen molar-refractivity contribution in [3.05, 3.63) is 39.0 Å². The molecule has 124 valence electrons. The van der Waals surface area contributed by atoms with E-state index in [1.54, 1.807) is 18.2 Å². The fourth-order valence-electron chi connectivity index (χ4n) is 2.35. The highest BCUT2D eigenvalue weighted by Crippen LogP contribution is 2.30.